The summed E-state index contributed by atoms with van der Waals surface area (Å²) in [5.74, 6) is -0.717. The monoisotopic (exact) mass is 261 g/mol. The minimum atomic E-state index is -4.41. The van der Waals surface area contributed by atoms with Crippen molar-refractivity contribution in [2.75, 3.05) is 11.9 Å². The Hall–Kier alpha value is -1.76. The highest BCUT2D eigenvalue weighted by atomic mass is 19.4. The number of nitrogens with one attached hydrogen (secondary N) is 1. The third-order valence-electron chi connectivity index (χ3n) is 2.43. The highest BCUT2D eigenvalue weighted by Gasteiger charge is 2.32. The van der Waals surface area contributed by atoms with E-state index in [1.807, 2.05) is 0 Å². The van der Waals surface area contributed by atoms with Gasteiger partial charge >= 0.3 is 6.18 Å². The lowest BCUT2D eigenvalue weighted by molar-refractivity contribution is -0.138. The van der Waals surface area contributed by atoms with Gasteiger partial charge in [0.2, 0.25) is 5.91 Å². The summed E-state index contributed by atoms with van der Waals surface area (Å²) in [6.45, 7) is 1.36. The van der Waals surface area contributed by atoms with Crippen LogP contribution in [0.4, 0.5) is 18.9 Å². The first-order valence-corrected chi connectivity index (χ1v) is 5.18. The average Bonchev–Trinajstić information content (AvgIpc) is 2.25. The fraction of sp³-hybridized carbons (Fsp3) is 0.364. The fourth-order valence-electron chi connectivity index (χ4n) is 1.37. The van der Waals surface area contributed by atoms with E-state index in [4.69, 9.17) is 11.5 Å². The van der Waals surface area contributed by atoms with E-state index in [2.05, 4.69) is 5.32 Å². The van der Waals surface area contributed by atoms with Gasteiger partial charge in [-0.15, -0.1) is 0 Å². The molecule has 0 aliphatic heterocycles. The van der Waals surface area contributed by atoms with E-state index in [1.165, 1.54) is 19.1 Å². The van der Waals surface area contributed by atoms with E-state index in [0.29, 0.717) is 0 Å². The smallest absolute Gasteiger partial charge is 0.383 e. The van der Waals surface area contributed by atoms with Gasteiger partial charge in [-0.25, -0.2) is 0 Å². The van der Waals surface area contributed by atoms with Crippen molar-refractivity contribution >= 4 is 11.6 Å². The molecule has 1 rings (SSSR count). The topological polar surface area (TPSA) is 81.1 Å². The molecule has 0 fully saturated rings. The van der Waals surface area contributed by atoms with Crippen molar-refractivity contribution in [1.82, 2.24) is 0 Å². The van der Waals surface area contributed by atoms with Crippen molar-refractivity contribution in [3.05, 3.63) is 29.3 Å². The highest BCUT2D eigenvalue weighted by molar-refractivity contribution is 5.80. The minimum absolute atomic E-state index is 0.0182. The SMILES string of the molecule is Cc1ccc(NCC(N)C(N)=O)cc1C(F)(F)F. The number of amides is 1. The average molecular weight is 261 g/mol. The van der Waals surface area contributed by atoms with Gasteiger partial charge < -0.3 is 16.8 Å². The second-order valence-corrected chi connectivity index (χ2v) is 3.92. The maximum absolute atomic E-state index is 12.6. The van der Waals surface area contributed by atoms with E-state index >= 15 is 0 Å². The van der Waals surface area contributed by atoms with E-state index in [1.54, 1.807) is 0 Å². The summed E-state index contributed by atoms with van der Waals surface area (Å²) in [5.41, 5.74) is 9.95. The number of primary amides is 1. The van der Waals surface area contributed by atoms with Crippen LogP contribution in [-0.4, -0.2) is 18.5 Å². The summed E-state index contributed by atoms with van der Waals surface area (Å²) in [5, 5.41) is 2.64. The molecule has 1 aromatic rings. The number of halogens is 3. The summed E-state index contributed by atoms with van der Waals surface area (Å²) in [7, 11) is 0. The standard InChI is InChI=1S/C11H14F3N3O/c1-6-2-3-7(4-8(6)11(12,13)14)17-5-9(15)10(16)18/h2-4,9,17H,5,15H2,1H3,(H2,16,18). The van der Waals surface area contributed by atoms with Crippen molar-refractivity contribution in [2.45, 2.75) is 19.1 Å². The summed E-state index contributed by atoms with van der Waals surface area (Å²) in [4.78, 5) is 10.7. The molecule has 5 N–H and O–H groups in total. The summed E-state index contributed by atoms with van der Waals surface area (Å²) < 4.78 is 37.9. The summed E-state index contributed by atoms with van der Waals surface area (Å²) >= 11 is 0. The molecule has 0 spiro atoms. The predicted molar refractivity (Wildman–Crippen MR) is 61.8 cm³/mol. The van der Waals surface area contributed by atoms with Gasteiger partial charge in [-0.05, 0) is 24.6 Å². The molecule has 0 aliphatic carbocycles. The molecule has 0 radical (unpaired) electrons. The number of alkyl halides is 3. The molecular weight excluding hydrogens is 247 g/mol. The van der Waals surface area contributed by atoms with Gasteiger partial charge in [-0.1, -0.05) is 6.07 Å². The van der Waals surface area contributed by atoms with Crippen LogP contribution >= 0.6 is 0 Å². The van der Waals surface area contributed by atoms with Crippen LogP contribution in [0.15, 0.2) is 18.2 Å². The Morgan fingerprint density at radius 1 is 1.44 bits per heavy atom. The molecule has 1 atom stereocenters. The number of hydrogen-bond donors (Lipinski definition) is 3. The van der Waals surface area contributed by atoms with Gasteiger partial charge in [-0.2, -0.15) is 13.2 Å². The zero-order chi connectivity index (χ0) is 13.9. The van der Waals surface area contributed by atoms with Gasteiger partial charge in [-0.3, -0.25) is 4.79 Å². The number of carbonyl (C=O) groups excluding carboxylic acids is 1. The number of anilines is 1. The number of nitrogens with two attached hydrogens (primary N) is 2. The summed E-state index contributed by atoms with van der Waals surface area (Å²) in [6, 6.07) is 2.86. The largest absolute Gasteiger partial charge is 0.416 e. The molecule has 0 heterocycles. The van der Waals surface area contributed by atoms with Crippen LogP contribution < -0.4 is 16.8 Å². The first-order valence-electron chi connectivity index (χ1n) is 5.18. The third-order valence-corrected chi connectivity index (χ3v) is 2.43. The number of rotatable bonds is 4. The van der Waals surface area contributed by atoms with E-state index < -0.39 is 23.7 Å². The quantitative estimate of drug-likeness (QED) is 0.762. The molecule has 1 unspecified atom stereocenters. The van der Waals surface area contributed by atoms with E-state index in [0.717, 1.165) is 6.07 Å². The van der Waals surface area contributed by atoms with Crippen LogP contribution in [0.2, 0.25) is 0 Å². The Bertz CT molecular complexity index is 446. The first-order chi connectivity index (χ1) is 8.21. The lowest BCUT2D eigenvalue weighted by atomic mass is 10.1. The van der Waals surface area contributed by atoms with Crippen molar-refractivity contribution in [3.63, 3.8) is 0 Å². The van der Waals surface area contributed by atoms with Crippen LogP contribution in [0.3, 0.4) is 0 Å². The molecule has 1 amide bonds. The Morgan fingerprint density at radius 2 is 2.06 bits per heavy atom. The lowest BCUT2D eigenvalue weighted by Crippen LogP contribution is -2.41. The van der Waals surface area contributed by atoms with Crippen molar-refractivity contribution in [3.8, 4) is 0 Å². The molecule has 7 heteroatoms. The van der Waals surface area contributed by atoms with Crippen LogP contribution in [0.1, 0.15) is 11.1 Å². The molecule has 0 saturated heterocycles. The molecule has 0 aromatic heterocycles. The Balaban J connectivity index is 2.83. The zero-order valence-electron chi connectivity index (χ0n) is 9.71. The zero-order valence-corrected chi connectivity index (χ0v) is 9.71. The molecule has 4 nitrogen and oxygen atoms in total. The van der Waals surface area contributed by atoms with Crippen LogP contribution in [-0.2, 0) is 11.0 Å². The summed E-state index contributed by atoms with van der Waals surface area (Å²) in [6.07, 6.45) is -4.41. The van der Waals surface area contributed by atoms with Crippen LogP contribution in [0.5, 0.6) is 0 Å². The molecule has 18 heavy (non-hydrogen) atoms. The van der Waals surface area contributed by atoms with Crippen molar-refractivity contribution < 1.29 is 18.0 Å². The number of benzene rings is 1. The second-order valence-electron chi connectivity index (χ2n) is 3.92. The molecule has 0 saturated carbocycles. The van der Waals surface area contributed by atoms with Crippen molar-refractivity contribution in [2.24, 2.45) is 11.5 Å². The molecule has 100 valence electrons. The van der Waals surface area contributed by atoms with Crippen LogP contribution in [0, 0.1) is 6.92 Å². The molecule has 0 aliphatic rings. The fourth-order valence-corrected chi connectivity index (χ4v) is 1.37. The Kier molecular flexibility index (Phi) is 4.18. The lowest BCUT2D eigenvalue weighted by Gasteiger charge is -2.14. The number of hydrogen-bond acceptors (Lipinski definition) is 3. The van der Waals surface area contributed by atoms with Gasteiger partial charge in [0, 0.05) is 12.2 Å². The van der Waals surface area contributed by atoms with E-state index in [9.17, 15) is 18.0 Å². The second kappa shape index (κ2) is 5.26. The van der Waals surface area contributed by atoms with Crippen molar-refractivity contribution in [1.29, 1.82) is 0 Å². The molecule has 1 aromatic carbocycles. The van der Waals surface area contributed by atoms with Gasteiger partial charge in [0.1, 0.15) is 6.04 Å². The molecule has 0 bridgehead atoms. The number of aryl methyl sites for hydroxylation is 1. The van der Waals surface area contributed by atoms with Gasteiger partial charge in [0.15, 0.2) is 0 Å². The predicted octanol–water partition coefficient (Wildman–Crippen LogP) is 1.24. The maximum Gasteiger partial charge on any atom is 0.416 e. The number of carbonyl (C=O) groups is 1. The maximum atomic E-state index is 12.6. The Labute approximate surface area is 102 Å². The van der Waals surface area contributed by atoms with E-state index in [-0.39, 0.29) is 17.8 Å². The third kappa shape index (κ3) is 3.63. The normalized spacial score (nSPS) is 13.2. The Morgan fingerprint density at radius 3 is 2.56 bits per heavy atom. The molecular formula is C11H14F3N3O. The first kappa shape index (κ1) is 14.3. The van der Waals surface area contributed by atoms with Gasteiger partial charge in [0.25, 0.3) is 0 Å². The minimum Gasteiger partial charge on any atom is -0.383 e. The highest BCUT2D eigenvalue weighted by Crippen LogP contribution is 2.33. The van der Waals surface area contributed by atoms with Gasteiger partial charge in [0.05, 0.1) is 5.56 Å². The van der Waals surface area contributed by atoms with Crippen LogP contribution in [0.25, 0.3) is 0 Å².